The summed E-state index contributed by atoms with van der Waals surface area (Å²) in [6.07, 6.45) is 0. The number of nitrogens with zero attached hydrogens (tertiary/aromatic N) is 1. The molecule has 1 aromatic heterocycles. The predicted molar refractivity (Wildman–Crippen MR) is 93.4 cm³/mol. The number of pyridine rings is 1. The van der Waals surface area contributed by atoms with Crippen LogP contribution in [0.1, 0.15) is 16.8 Å². The van der Waals surface area contributed by atoms with Gasteiger partial charge in [0.1, 0.15) is 5.75 Å². The minimum Gasteiger partial charge on any atom is -0.497 e. The van der Waals surface area contributed by atoms with E-state index in [4.69, 9.17) is 4.74 Å². The summed E-state index contributed by atoms with van der Waals surface area (Å²) in [7, 11) is 1.66. The molecule has 23 heavy (non-hydrogen) atoms. The molecule has 0 unspecified atom stereocenters. The van der Waals surface area contributed by atoms with Gasteiger partial charge < -0.3 is 4.74 Å². The first-order valence-corrected chi connectivity index (χ1v) is 7.45. The molecule has 0 aliphatic heterocycles. The molecule has 2 aromatic carbocycles. The Morgan fingerprint density at radius 3 is 2.22 bits per heavy atom. The van der Waals surface area contributed by atoms with E-state index in [-0.39, 0.29) is 0 Å². The number of benzene rings is 2. The Balaban J connectivity index is 1.92. The van der Waals surface area contributed by atoms with E-state index in [1.807, 2.05) is 61.5 Å². The molecule has 0 saturated heterocycles. The normalized spacial score (nSPS) is 9.83. The topological polar surface area (TPSA) is 22.1 Å². The zero-order valence-electron chi connectivity index (χ0n) is 13.2. The van der Waals surface area contributed by atoms with Crippen LogP contribution in [-0.2, 0) is 0 Å². The lowest BCUT2D eigenvalue weighted by Gasteiger charge is -2.03. The largest absolute Gasteiger partial charge is 0.497 e. The maximum Gasteiger partial charge on any atom is 0.118 e. The fourth-order valence-electron chi connectivity index (χ4n) is 2.32. The third kappa shape index (κ3) is 3.78. The van der Waals surface area contributed by atoms with Crippen LogP contribution in [0.3, 0.4) is 0 Å². The van der Waals surface area contributed by atoms with E-state index in [1.54, 1.807) is 7.11 Å². The molecule has 2 heteroatoms. The van der Waals surface area contributed by atoms with E-state index in [1.165, 1.54) is 0 Å². The van der Waals surface area contributed by atoms with E-state index in [0.717, 1.165) is 33.8 Å². The van der Waals surface area contributed by atoms with Crippen LogP contribution >= 0.6 is 0 Å². The van der Waals surface area contributed by atoms with Gasteiger partial charge in [0.2, 0.25) is 0 Å². The van der Waals surface area contributed by atoms with Crippen molar-refractivity contribution >= 4 is 0 Å². The zero-order chi connectivity index (χ0) is 16.1. The van der Waals surface area contributed by atoms with Crippen molar-refractivity contribution in [1.82, 2.24) is 4.98 Å². The molecular weight excluding hydrogens is 282 g/mol. The van der Waals surface area contributed by atoms with Crippen molar-refractivity contribution < 1.29 is 4.74 Å². The van der Waals surface area contributed by atoms with Gasteiger partial charge in [-0.15, -0.1) is 0 Å². The van der Waals surface area contributed by atoms with Gasteiger partial charge in [-0.3, -0.25) is 4.98 Å². The van der Waals surface area contributed by atoms with Gasteiger partial charge in [-0.2, -0.15) is 0 Å². The maximum atomic E-state index is 5.16. The van der Waals surface area contributed by atoms with Crippen LogP contribution in [0.15, 0.2) is 66.7 Å². The van der Waals surface area contributed by atoms with Crippen LogP contribution in [0.4, 0.5) is 0 Å². The molecule has 0 radical (unpaired) electrons. The van der Waals surface area contributed by atoms with Gasteiger partial charge >= 0.3 is 0 Å². The summed E-state index contributed by atoms with van der Waals surface area (Å²) < 4.78 is 5.16. The monoisotopic (exact) mass is 299 g/mol. The van der Waals surface area contributed by atoms with Crippen molar-refractivity contribution in [3.63, 3.8) is 0 Å². The Kier molecular flexibility index (Phi) is 4.40. The fourth-order valence-corrected chi connectivity index (χ4v) is 2.32. The summed E-state index contributed by atoms with van der Waals surface area (Å²) in [5.41, 5.74) is 4.94. The van der Waals surface area contributed by atoms with Crippen LogP contribution in [0.2, 0.25) is 0 Å². The van der Waals surface area contributed by atoms with Crippen molar-refractivity contribution in [2.75, 3.05) is 7.11 Å². The molecule has 0 saturated carbocycles. The average Bonchev–Trinajstić information content (AvgIpc) is 2.61. The number of aromatic nitrogens is 1. The Hall–Kier alpha value is -3.05. The van der Waals surface area contributed by atoms with Gasteiger partial charge in [-0.25, -0.2) is 0 Å². The standard InChI is InChI=1S/C21H17NO/c1-16-14-18(9-8-17-10-12-20(23-2)13-11-17)15-21(22-16)19-6-4-3-5-7-19/h3-7,10-15H,1-2H3. The van der Waals surface area contributed by atoms with E-state index >= 15 is 0 Å². The third-order valence-electron chi connectivity index (χ3n) is 3.46. The van der Waals surface area contributed by atoms with Crippen LogP contribution < -0.4 is 4.74 Å². The molecule has 0 fully saturated rings. The first-order valence-electron chi connectivity index (χ1n) is 7.45. The van der Waals surface area contributed by atoms with Crippen molar-refractivity contribution in [3.05, 3.63) is 83.6 Å². The number of hydrogen-bond donors (Lipinski definition) is 0. The number of rotatable bonds is 2. The highest BCUT2D eigenvalue weighted by Gasteiger charge is 2.01. The highest BCUT2D eigenvalue weighted by Crippen LogP contribution is 2.18. The van der Waals surface area contributed by atoms with E-state index in [0.29, 0.717) is 0 Å². The van der Waals surface area contributed by atoms with E-state index < -0.39 is 0 Å². The van der Waals surface area contributed by atoms with Crippen molar-refractivity contribution in [1.29, 1.82) is 0 Å². The molecular formula is C21H17NO. The van der Waals surface area contributed by atoms with Gasteiger partial charge in [-0.05, 0) is 43.3 Å². The minimum atomic E-state index is 0.835. The second-order valence-corrected chi connectivity index (χ2v) is 5.23. The summed E-state index contributed by atoms with van der Waals surface area (Å²) in [4.78, 5) is 4.60. The smallest absolute Gasteiger partial charge is 0.118 e. The van der Waals surface area contributed by atoms with Gasteiger partial charge in [0, 0.05) is 22.4 Å². The average molecular weight is 299 g/mol. The van der Waals surface area contributed by atoms with Crippen LogP contribution in [0.25, 0.3) is 11.3 Å². The van der Waals surface area contributed by atoms with Crippen LogP contribution in [0, 0.1) is 18.8 Å². The Morgan fingerprint density at radius 1 is 0.826 bits per heavy atom. The van der Waals surface area contributed by atoms with Gasteiger partial charge in [-0.1, -0.05) is 42.2 Å². The van der Waals surface area contributed by atoms with Gasteiger partial charge in [0.15, 0.2) is 0 Å². The molecule has 1 heterocycles. The van der Waals surface area contributed by atoms with Gasteiger partial charge in [0.05, 0.1) is 12.8 Å². The lowest BCUT2D eigenvalue weighted by molar-refractivity contribution is 0.415. The molecule has 3 aromatic rings. The number of aryl methyl sites for hydroxylation is 1. The Labute approximate surface area is 136 Å². The van der Waals surface area contributed by atoms with Crippen molar-refractivity contribution in [2.45, 2.75) is 6.92 Å². The molecule has 0 spiro atoms. The Bertz CT molecular complexity index is 856. The number of ether oxygens (including phenoxy) is 1. The third-order valence-corrected chi connectivity index (χ3v) is 3.46. The maximum absolute atomic E-state index is 5.16. The predicted octanol–water partition coefficient (Wildman–Crippen LogP) is 4.47. The Morgan fingerprint density at radius 2 is 1.52 bits per heavy atom. The van der Waals surface area contributed by atoms with E-state index in [9.17, 15) is 0 Å². The summed E-state index contributed by atoms with van der Waals surface area (Å²) >= 11 is 0. The molecule has 0 bridgehead atoms. The first kappa shape index (κ1) is 14.9. The van der Waals surface area contributed by atoms with E-state index in [2.05, 4.69) is 29.0 Å². The lowest BCUT2D eigenvalue weighted by atomic mass is 10.1. The van der Waals surface area contributed by atoms with Crippen LogP contribution in [0.5, 0.6) is 5.75 Å². The minimum absolute atomic E-state index is 0.835. The molecule has 0 aliphatic carbocycles. The zero-order valence-corrected chi connectivity index (χ0v) is 13.2. The highest BCUT2D eigenvalue weighted by atomic mass is 16.5. The molecule has 0 aliphatic rings. The number of methoxy groups -OCH3 is 1. The second kappa shape index (κ2) is 6.81. The summed E-state index contributed by atoms with van der Waals surface area (Å²) in [6.45, 7) is 1.99. The molecule has 0 amide bonds. The quantitative estimate of drug-likeness (QED) is 0.652. The second-order valence-electron chi connectivity index (χ2n) is 5.23. The molecule has 112 valence electrons. The lowest BCUT2D eigenvalue weighted by Crippen LogP contribution is -1.89. The van der Waals surface area contributed by atoms with Crippen LogP contribution in [-0.4, -0.2) is 12.1 Å². The molecule has 0 atom stereocenters. The summed E-state index contributed by atoms with van der Waals surface area (Å²) in [6, 6.07) is 21.9. The molecule has 0 N–H and O–H groups in total. The van der Waals surface area contributed by atoms with Crippen molar-refractivity contribution in [3.8, 4) is 28.8 Å². The molecule has 2 nitrogen and oxygen atoms in total. The summed E-state index contributed by atoms with van der Waals surface area (Å²) in [5, 5.41) is 0. The highest BCUT2D eigenvalue weighted by molar-refractivity contribution is 5.61. The van der Waals surface area contributed by atoms with Gasteiger partial charge in [0.25, 0.3) is 0 Å². The first-order chi connectivity index (χ1) is 11.2. The van der Waals surface area contributed by atoms with Crippen molar-refractivity contribution in [2.24, 2.45) is 0 Å². The fraction of sp³-hybridized carbons (Fsp3) is 0.0952. The SMILES string of the molecule is COc1ccc(C#Cc2cc(C)nc(-c3ccccc3)c2)cc1. The molecule has 3 rings (SSSR count). The number of hydrogen-bond acceptors (Lipinski definition) is 2. The summed E-state index contributed by atoms with van der Waals surface area (Å²) in [5.74, 6) is 7.24.